The van der Waals surface area contributed by atoms with E-state index in [9.17, 15) is 9.59 Å². The van der Waals surface area contributed by atoms with Crippen molar-refractivity contribution in [2.24, 2.45) is 5.73 Å². The number of nitrogens with zero attached hydrogens (tertiary/aromatic N) is 2. The molecule has 0 aliphatic carbocycles. The van der Waals surface area contributed by atoms with Crippen molar-refractivity contribution in [1.82, 2.24) is 4.98 Å². The van der Waals surface area contributed by atoms with Crippen LogP contribution in [0.3, 0.4) is 0 Å². The molecule has 6 heteroatoms. The molecule has 0 aromatic carbocycles. The van der Waals surface area contributed by atoms with Crippen molar-refractivity contribution in [2.75, 3.05) is 18.5 Å². The van der Waals surface area contributed by atoms with Crippen molar-refractivity contribution >= 4 is 17.7 Å². The number of rotatable bonds is 5. The highest BCUT2D eigenvalue weighted by Crippen LogP contribution is 2.14. The molecule has 0 bridgehead atoms. The first-order chi connectivity index (χ1) is 7.52. The Morgan fingerprint density at radius 1 is 1.56 bits per heavy atom. The molecular weight excluding hydrogens is 210 g/mol. The lowest BCUT2D eigenvalue weighted by atomic mass is 10.2. The molecule has 0 radical (unpaired) electrons. The van der Waals surface area contributed by atoms with Crippen molar-refractivity contribution in [3.63, 3.8) is 0 Å². The fourth-order valence-electron chi connectivity index (χ4n) is 1.26. The number of carbonyl (C=O) groups excluding carboxylic acids is 1. The van der Waals surface area contributed by atoms with Gasteiger partial charge < -0.3 is 15.7 Å². The van der Waals surface area contributed by atoms with Crippen molar-refractivity contribution in [3.05, 3.63) is 23.9 Å². The molecule has 0 saturated heterocycles. The molecule has 0 aliphatic rings. The quantitative estimate of drug-likeness (QED) is 0.737. The molecule has 1 aromatic heterocycles. The number of nitrogens with two attached hydrogens (primary N) is 1. The molecule has 16 heavy (non-hydrogen) atoms. The molecule has 86 valence electrons. The molecule has 6 nitrogen and oxygen atoms in total. The lowest BCUT2D eigenvalue weighted by Crippen LogP contribution is -2.25. The summed E-state index contributed by atoms with van der Waals surface area (Å²) in [5, 5.41) is 8.55. The first kappa shape index (κ1) is 12.0. The minimum atomic E-state index is -0.900. The average Bonchev–Trinajstić information content (AvgIpc) is 2.25. The number of pyridine rings is 1. The van der Waals surface area contributed by atoms with E-state index in [2.05, 4.69) is 4.98 Å². The Hall–Kier alpha value is -2.11. The summed E-state index contributed by atoms with van der Waals surface area (Å²) in [7, 11) is 1.66. The normalized spacial score (nSPS) is 9.81. The third kappa shape index (κ3) is 2.94. The number of carboxylic acids is 1. The lowest BCUT2D eigenvalue weighted by Gasteiger charge is -2.18. The van der Waals surface area contributed by atoms with Crippen LogP contribution in [0.5, 0.6) is 0 Å². The predicted molar refractivity (Wildman–Crippen MR) is 58.3 cm³/mol. The van der Waals surface area contributed by atoms with Gasteiger partial charge in [0.1, 0.15) is 5.82 Å². The molecule has 1 amide bonds. The standard InChI is InChI=1S/C10H13N3O3/c1-13(6-4-8(14)15)10-7(9(11)16)3-2-5-12-10/h2-3,5H,4,6H2,1H3,(H2,11,16)(H,14,15). The highest BCUT2D eigenvalue weighted by atomic mass is 16.4. The lowest BCUT2D eigenvalue weighted by molar-refractivity contribution is -0.136. The predicted octanol–water partition coefficient (Wildman–Crippen LogP) is 0.0914. The average molecular weight is 223 g/mol. The van der Waals surface area contributed by atoms with Crippen molar-refractivity contribution < 1.29 is 14.7 Å². The molecule has 1 aromatic rings. The molecule has 0 spiro atoms. The third-order valence-corrected chi connectivity index (χ3v) is 2.07. The van der Waals surface area contributed by atoms with E-state index in [1.165, 1.54) is 6.20 Å². The molecule has 3 N–H and O–H groups in total. The van der Waals surface area contributed by atoms with E-state index in [1.54, 1.807) is 24.1 Å². The van der Waals surface area contributed by atoms with Gasteiger partial charge in [-0.15, -0.1) is 0 Å². The molecule has 1 heterocycles. The van der Waals surface area contributed by atoms with Crippen LogP contribution in [0.2, 0.25) is 0 Å². The zero-order valence-corrected chi connectivity index (χ0v) is 8.88. The van der Waals surface area contributed by atoms with Gasteiger partial charge in [0.05, 0.1) is 12.0 Å². The maximum Gasteiger partial charge on any atom is 0.305 e. The fourth-order valence-corrected chi connectivity index (χ4v) is 1.26. The van der Waals surface area contributed by atoms with E-state index >= 15 is 0 Å². The number of aliphatic carboxylic acids is 1. The van der Waals surface area contributed by atoms with Crippen LogP contribution >= 0.6 is 0 Å². The van der Waals surface area contributed by atoms with E-state index < -0.39 is 11.9 Å². The van der Waals surface area contributed by atoms with E-state index in [-0.39, 0.29) is 18.5 Å². The summed E-state index contributed by atoms with van der Waals surface area (Å²) in [6.45, 7) is 0.270. The maximum absolute atomic E-state index is 11.1. The summed E-state index contributed by atoms with van der Waals surface area (Å²) in [5.41, 5.74) is 5.47. The van der Waals surface area contributed by atoms with Crippen LogP contribution in [-0.2, 0) is 4.79 Å². The largest absolute Gasteiger partial charge is 0.481 e. The number of carbonyl (C=O) groups is 2. The molecule has 0 saturated carbocycles. The molecule has 0 unspecified atom stereocenters. The Balaban J connectivity index is 2.85. The van der Waals surface area contributed by atoms with Gasteiger partial charge in [0.25, 0.3) is 5.91 Å². The molecule has 1 rings (SSSR count). The SMILES string of the molecule is CN(CCC(=O)O)c1ncccc1C(N)=O. The Morgan fingerprint density at radius 2 is 2.25 bits per heavy atom. The summed E-state index contributed by atoms with van der Waals surface area (Å²) in [6.07, 6.45) is 1.50. The molecule has 0 atom stereocenters. The van der Waals surface area contributed by atoms with Gasteiger partial charge in [-0.1, -0.05) is 0 Å². The molecule has 0 fully saturated rings. The minimum Gasteiger partial charge on any atom is -0.481 e. The van der Waals surface area contributed by atoms with E-state index in [4.69, 9.17) is 10.8 Å². The monoisotopic (exact) mass is 223 g/mol. The number of aromatic nitrogens is 1. The third-order valence-electron chi connectivity index (χ3n) is 2.07. The van der Waals surface area contributed by atoms with Crippen LogP contribution in [0.15, 0.2) is 18.3 Å². The van der Waals surface area contributed by atoms with Gasteiger partial charge in [-0.05, 0) is 12.1 Å². The summed E-state index contributed by atoms with van der Waals surface area (Å²) in [4.78, 5) is 27.1. The second-order valence-corrected chi connectivity index (χ2v) is 3.30. The van der Waals surface area contributed by atoms with Gasteiger partial charge in [0.2, 0.25) is 0 Å². The Morgan fingerprint density at radius 3 is 2.81 bits per heavy atom. The van der Waals surface area contributed by atoms with Gasteiger partial charge >= 0.3 is 5.97 Å². The van der Waals surface area contributed by atoms with Gasteiger partial charge in [0, 0.05) is 19.8 Å². The van der Waals surface area contributed by atoms with Gasteiger partial charge in [-0.25, -0.2) is 4.98 Å². The smallest absolute Gasteiger partial charge is 0.305 e. The summed E-state index contributed by atoms with van der Waals surface area (Å²) in [5.74, 6) is -1.08. The second-order valence-electron chi connectivity index (χ2n) is 3.30. The highest BCUT2D eigenvalue weighted by Gasteiger charge is 2.13. The Labute approximate surface area is 92.7 Å². The highest BCUT2D eigenvalue weighted by molar-refractivity contribution is 5.97. The first-order valence-electron chi connectivity index (χ1n) is 4.70. The zero-order valence-electron chi connectivity index (χ0n) is 8.88. The van der Waals surface area contributed by atoms with E-state index in [0.717, 1.165) is 0 Å². The number of carboxylic acid groups (broad SMARTS) is 1. The number of hydrogen-bond donors (Lipinski definition) is 2. The van der Waals surface area contributed by atoms with E-state index in [1.807, 2.05) is 0 Å². The molecular formula is C10H13N3O3. The van der Waals surface area contributed by atoms with E-state index in [0.29, 0.717) is 5.82 Å². The molecule has 0 aliphatic heterocycles. The number of hydrogen-bond acceptors (Lipinski definition) is 4. The topological polar surface area (TPSA) is 96.5 Å². The van der Waals surface area contributed by atoms with Crippen LogP contribution in [0.1, 0.15) is 16.8 Å². The van der Waals surface area contributed by atoms with Gasteiger partial charge in [-0.3, -0.25) is 9.59 Å². The van der Waals surface area contributed by atoms with Crippen LogP contribution in [0.25, 0.3) is 0 Å². The number of anilines is 1. The Bertz CT molecular complexity index is 406. The first-order valence-corrected chi connectivity index (χ1v) is 4.70. The van der Waals surface area contributed by atoms with Crippen molar-refractivity contribution in [1.29, 1.82) is 0 Å². The van der Waals surface area contributed by atoms with Crippen LogP contribution in [-0.4, -0.2) is 35.6 Å². The fraction of sp³-hybridized carbons (Fsp3) is 0.300. The van der Waals surface area contributed by atoms with Gasteiger partial charge in [-0.2, -0.15) is 0 Å². The Kier molecular flexibility index (Phi) is 3.82. The van der Waals surface area contributed by atoms with Crippen molar-refractivity contribution in [2.45, 2.75) is 6.42 Å². The zero-order chi connectivity index (χ0) is 12.1. The summed E-state index contributed by atoms with van der Waals surface area (Å²) in [6, 6.07) is 3.16. The summed E-state index contributed by atoms with van der Waals surface area (Å²) >= 11 is 0. The van der Waals surface area contributed by atoms with Gasteiger partial charge in [0.15, 0.2) is 0 Å². The van der Waals surface area contributed by atoms with Crippen LogP contribution in [0, 0.1) is 0 Å². The van der Waals surface area contributed by atoms with Crippen LogP contribution < -0.4 is 10.6 Å². The summed E-state index contributed by atoms with van der Waals surface area (Å²) < 4.78 is 0. The minimum absolute atomic E-state index is 0.0225. The maximum atomic E-state index is 11.1. The number of amides is 1. The second kappa shape index (κ2) is 5.11. The van der Waals surface area contributed by atoms with Crippen LogP contribution in [0.4, 0.5) is 5.82 Å². The number of primary amides is 1. The van der Waals surface area contributed by atoms with Crippen molar-refractivity contribution in [3.8, 4) is 0 Å².